The van der Waals surface area contributed by atoms with E-state index in [1.165, 1.54) is 21.5 Å². The van der Waals surface area contributed by atoms with Crippen molar-refractivity contribution in [3.05, 3.63) is 216 Å². The normalized spacial score (nSPS) is 12.0. The van der Waals surface area contributed by atoms with Crippen LogP contribution >= 0.6 is 0 Å². The lowest BCUT2D eigenvalue weighted by Gasteiger charge is -2.16. The summed E-state index contributed by atoms with van der Waals surface area (Å²) in [5, 5.41) is 16.4. The lowest BCUT2D eigenvalue weighted by Crippen LogP contribution is -2.29. The second kappa shape index (κ2) is 17.1. The van der Waals surface area contributed by atoms with E-state index in [1.54, 1.807) is 12.2 Å². The molecule has 0 aromatic heterocycles. The number of rotatable bonds is 15. The summed E-state index contributed by atoms with van der Waals surface area (Å²) >= 11 is 0. The van der Waals surface area contributed by atoms with Crippen LogP contribution in [-0.2, 0) is 35.3 Å². The fourth-order valence-corrected chi connectivity index (χ4v) is 7.84. The lowest BCUT2D eigenvalue weighted by atomic mass is 9.98. The molecule has 0 fully saturated rings. The first-order valence-corrected chi connectivity index (χ1v) is 19.4. The Kier molecular flexibility index (Phi) is 11.1. The summed E-state index contributed by atoms with van der Waals surface area (Å²) in [7, 11) is 0. The van der Waals surface area contributed by atoms with Gasteiger partial charge in [0.25, 0.3) is 0 Å². The Morgan fingerprint density at radius 3 is 0.929 bits per heavy atom. The third-order valence-electron chi connectivity index (χ3n) is 10.5. The van der Waals surface area contributed by atoms with E-state index in [4.69, 9.17) is 0 Å². The molecule has 0 amide bonds. The van der Waals surface area contributed by atoms with Gasteiger partial charge in [0.2, 0.25) is 0 Å². The van der Waals surface area contributed by atoms with Crippen molar-refractivity contribution < 1.29 is 9.59 Å². The molecule has 274 valence electrons. The largest absolute Gasteiger partial charge is 0.386 e. The number of hydrogen-bond acceptors (Lipinski definition) is 4. The van der Waals surface area contributed by atoms with Crippen molar-refractivity contribution in [3.8, 4) is 0 Å². The molecular weight excluding hydrogens is 685 g/mol. The van der Waals surface area contributed by atoms with E-state index in [2.05, 4.69) is 132 Å². The fraction of sp³-hybridized carbons (Fsp3) is 0.115. The third kappa shape index (κ3) is 8.61. The van der Waals surface area contributed by atoms with E-state index in [1.807, 2.05) is 48.5 Å². The summed E-state index contributed by atoms with van der Waals surface area (Å²) in [6.07, 6.45) is 5.37. The van der Waals surface area contributed by atoms with Crippen molar-refractivity contribution in [1.29, 1.82) is 0 Å². The number of carbonyl (C=O) groups excluding carboxylic acids is 2. The van der Waals surface area contributed by atoms with E-state index in [0.29, 0.717) is 38.8 Å². The van der Waals surface area contributed by atoms with E-state index < -0.39 is 0 Å². The minimum Gasteiger partial charge on any atom is -0.386 e. The van der Waals surface area contributed by atoms with Crippen molar-refractivity contribution in [2.45, 2.75) is 25.7 Å². The average Bonchev–Trinajstić information content (AvgIpc) is 3.23. The molecule has 0 aliphatic rings. The van der Waals surface area contributed by atoms with Crippen LogP contribution in [0.2, 0.25) is 0 Å². The zero-order valence-corrected chi connectivity index (χ0v) is 31.4. The lowest BCUT2D eigenvalue weighted by molar-refractivity contribution is -0.114. The number of fused-ring (bicyclic) bond motifs is 4. The van der Waals surface area contributed by atoms with Gasteiger partial charge < -0.3 is 10.6 Å². The van der Waals surface area contributed by atoms with Gasteiger partial charge in [-0.2, -0.15) is 0 Å². The Morgan fingerprint density at radius 1 is 0.339 bits per heavy atom. The van der Waals surface area contributed by atoms with Gasteiger partial charge in [-0.05, 0) is 65.3 Å². The summed E-state index contributed by atoms with van der Waals surface area (Å²) in [5.41, 5.74) is 6.07. The van der Waals surface area contributed by atoms with Crippen LogP contribution in [0.15, 0.2) is 193 Å². The van der Waals surface area contributed by atoms with E-state index in [0.717, 1.165) is 55.2 Å². The SMILES string of the molecule is O=C(/C=C(/Cc1cccc2ccccc12)NCCN/C(=C\C(=O)Cc1cccc2ccccc12)Cc1cccc2ccccc12)Cc1cccc2ccccc12. The Morgan fingerprint density at radius 2 is 0.607 bits per heavy atom. The number of benzene rings is 8. The Labute approximate surface area is 328 Å². The quantitative estimate of drug-likeness (QED) is 0.0815. The molecule has 8 aromatic carbocycles. The Hall–Kier alpha value is -6.78. The van der Waals surface area contributed by atoms with Crippen LogP contribution < -0.4 is 10.6 Å². The summed E-state index contributed by atoms with van der Waals surface area (Å²) in [6.45, 7) is 1.12. The predicted molar refractivity (Wildman–Crippen MR) is 233 cm³/mol. The molecule has 0 unspecified atom stereocenters. The van der Waals surface area contributed by atoms with Crippen LogP contribution in [0.3, 0.4) is 0 Å². The molecule has 8 aromatic rings. The van der Waals surface area contributed by atoms with E-state index >= 15 is 0 Å². The van der Waals surface area contributed by atoms with E-state index in [-0.39, 0.29) is 11.6 Å². The minimum absolute atomic E-state index is 0.0487. The molecular formula is C52H44N2O2. The highest BCUT2D eigenvalue weighted by atomic mass is 16.1. The zero-order chi connectivity index (χ0) is 38.1. The highest BCUT2D eigenvalue weighted by molar-refractivity contribution is 5.97. The number of hydrogen-bond donors (Lipinski definition) is 2. The van der Waals surface area contributed by atoms with Gasteiger partial charge in [0, 0.05) is 62.3 Å². The molecule has 0 atom stereocenters. The van der Waals surface area contributed by atoms with Crippen molar-refractivity contribution in [1.82, 2.24) is 10.6 Å². The van der Waals surface area contributed by atoms with Crippen LogP contribution in [0.5, 0.6) is 0 Å². The highest BCUT2D eigenvalue weighted by Crippen LogP contribution is 2.24. The van der Waals surface area contributed by atoms with Gasteiger partial charge in [-0.1, -0.05) is 170 Å². The number of allylic oxidation sites excluding steroid dienone is 4. The summed E-state index contributed by atoms with van der Waals surface area (Å²) in [6, 6.07) is 58.1. The van der Waals surface area contributed by atoms with Crippen molar-refractivity contribution in [3.63, 3.8) is 0 Å². The maximum atomic E-state index is 13.7. The minimum atomic E-state index is 0.0487. The first kappa shape index (κ1) is 36.2. The van der Waals surface area contributed by atoms with Gasteiger partial charge in [0.1, 0.15) is 0 Å². The predicted octanol–water partition coefficient (Wildman–Crippen LogP) is 10.7. The standard InChI is InChI=1S/C52H44N2O2/c55-47(33-43-23-11-19-39-15-3-7-27-51(39)43)35-45(31-41-21-9-17-37-13-1-5-25-49(37)41)53-29-30-54-46(32-42-22-10-18-38-14-2-6-26-50(38)42)36-48(56)34-44-24-12-20-40-16-4-8-28-52(40)44/h1-28,35-36,53-54H,29-34H2/b45-35-,46-36-. The Bertz CT molecular complexity index is 2550. The first-order chi connectivity index (χ1) is 27.6. The van der Waals surface area contributed by atoms with Gasteiger partial charge in [-0.25, -0.2) is 0 Å². The molecule has 0 spiro atoms. The molecule has 0 bridgehead atoms. The molecule has 4 heteroatoms. The second-order valence-electron chi connectivity index (χ2n) is 14.4. The average molecular weight is 729 g/mol. The third-order valence-corrected chi connectivity index (χ3v) is 10.5. The molecule has 0 saturated heterocycles. The van der Waals surface area contributed by atoms with Gasteiger partial charge in [0.05, 0.1) is 0 Å². The number of nitrogens with one attached hydrogen (secondary N) is 2. The molecule has 56 heavy (non-hydrogen) atoms. The second-order valence-corrected chi connectivity index (χ2v) is 14.4. The van der Waals surface area contributed by atoms with Crippen LogP contribution in [-0.4, -0.2) is 24.7 Å². The topological polar surface area (TPSA) is 58.2 Å². The molecule has 0 radical (unpaired) electrons. The maximum Gasteiger partial charge on any atom is 0.161 e. The van der Waals surface area contributed by atoms with Crippen LogP contribution in [0.4, 0.5) is 0 Å². The van der Waals surface area contributed by atoms with Crippen LogP contribution in [0, 0.1) is 0 Å². The first-order valence-electron chi connectivity index (χ1n) is 19.4. The molecule has 0 heterocycles. The van der Waals surface area contributed by atoms with Crippen LogP contribution in [0.25, 0.3) is 43.1 Å². The van der Waals surface area contributed by atoms with Crippen molar-refractivity contribution >= 4 is 54.7 Å². The Balaban J connectivity index is 1.03. The molecule has 0 aliphatic carbocycles. The van der Waals surface area contributed by atoms with Crippen molar-refractivity contribution in [2.24, 2.45) is 0 Å². The van der Waals surface area contributed by atoms with E-state index in [9.17, 15) is 9.59 Å². The summed E-state index contributed by atoms with van der Waals surface area (Å²) < 4.78 is 0. The zero-order valence-electron chi connectivity index (χ0n) is 31.4. The summed E-state index contributed by atoms with van der Waals surface area (Å²) in [4.78, 5) is 27.5. The molecule has 0 aliphatic heterocycles. The van der Waals surface area contributed by atoms with Gasteiger partial charge >= 0.3 is 0 Å². The van der Waals surface area contributed by atoms with Crippen molar-refractivity contribution in [2.75, 3.05) is 13.1 Å². The highest BCUT2D eigenvalue weighted by Gasteiger charge is 2.12. The number of ketones is 2. The van der Waals surface area contributed by atoms with Crippen LogP contribution in [0.1, 0.15) is 22.3 Å². The molecule has 0 saturated carbocycles. The number of carbonyl (C=O) groups is 2. The molecule has 8 rings (SSSR count). The molecule has 2 N–H and O–H groups in total. The monoisotopic (exact) mass is 728 g/mol. The smallest absolute Gasteiger partial charge is 0.161 e. The maximum absolute atomic E-state index is 13.7. The van der Waals surface area contributed by atoms with Gasteiger partial charge in [0.15, 0.2) is 11.6 Å². The van der Waals surface area contributed by atoms with Gasteiger partial charge in [-0.15, -0.1) is 0 Å². The summed E-state index contributed by atoms with van der Waals surface area (Å²) in [5.74, 6) is 0.0974. The fourth-order valence-electron chi connectivity index (χ4n) is 7.84. The molecule has 4 nitrogen and oxygen atoms in total. The van der Waals surface area contributed by atoms with Gasteiger partial charge in [-0.3, -0.25) is 9.59 Å².